The first-order valence-corrected chi connectivity index (χ1v) is 7.64. The van der Waals surface area contributed by atoms with Crippen LogP contribution in [0.25, 0.3) is 0 Å². The Morgan fingerprint density at radius 1 is 1.29 bits per heavy atom. The summed E-state index contributed by atoms with van der Waals surface area (Å²) in [4.78, 5) is 12.5. The second kappa shape index (κ2) is 5.29. The van der Waals surface area contributed by atoms with Crippen molar-refractivity contribution in [1.29, 1.82) is 0 Å². The minimum absolute atomic E-state index is 0.135. The van der Waals surface area contributed by atoms with Gasteiger partial charge in [0.05, 0.1) is 0 Å². The number of aldehydes is 1. The van der Waals surface area contributed by atoms with Crippen LogP contribution in [-0.2, 0) is 10.0 Å². The van der Waals surface area contributed by atoms with E-state index >= 15 is 0 Å². The summed E-state index contributed by atoms with van der Waals surface area (Å²) >= 11 is 1.33. The lowest BCUT2D eigenvalue weighted by Crippen LogP contribution is -2.28. The predicted octanol–water partition coefficient (Wildman–Crippen LogP) is 2.11. The maximum atomic E-state index is 12.1. The average Bonchev–Trinajstić information content (AvgIpc) is 2.50. The lowest BCUT2D eigenvalue weighted by atomic mass is 10.2. The summed E-state index contributed by atoms with van der Waals surface area (Å²) in [6.07, 6.45) is 0.614. The molecular weight excluding hydrogens is 258 g/mol. The molecule has 0 fully saturated rings. The van der Waals surface area contributed by atoms with E-state index in [-0.39, 0.29) is 16.4 Å². The molecule has 0 aliphatic heterocycles. The highest BCUT2D eigenvalue weighted by molar-refractivity contribution is 7.89. The van der Waals surface area contributed by atoms with E-state index < -0.39 is 10.0 Å². The predicted molar refractivity (Wildman–Crippen MR) is 69.2 cm³/mol. The summed E-state index contributed by atoms with van der Waals surface area (Å²) in [6, 6.07) is 0. The lowest BCUT2D eigenvalue weighted by Gasteiger charge is -2.09. The summed E-state index contributed by atoms with van der Waals surface area (Å²) in [7, 11) is -3.58. The van der Waals surface area contributed by atoms with E-state index in [0.29, 0.717) is 17.7 Å². The van der Waals surface area contributed by atoms with E-state index in [9.17, 15) is 13.2 Å². The molecule has 1 N–H and O–H groups in total. The molecule has 0 aromatic carbocycles. The Hall–Kier alpha value is -0.720. The van der Waals surface area contributed by atoms with Crippen LogP contribution >= 0.6 is 11.3 Å². The molecule has 0 unspecified atom stereocenters. The number of hydrogen-bond donors (Lipinski definition) is 1. The van der Waals surface area contributed by atoms with Gasteiger partial charge in [0.25, 0.3) is 0 Å². The molecule has 1 aromatic heterocycles. The number of rotatable bonds is 5. The molecule has 96 valence electrons. The van der Waals surface area contributed by atoms with Crippen molar-refractivity contribution in [1.82, 2.24) is 4.72 Å². The molecule has 4 nitrogen and oxygen atoms in total. The number of carbonyl (C=O) groups is 1. The van der Waals surface area contributed by atoms with Crippen molar-refractivity contribution in [3.63, 3.8) is 0 Å². The molecule has 0 aliphatic carbocycles. The Morgan fingerprint density at radius 2 is 1.88 bits per heavy atom. The van der Waals surface area contributed by atoms with Crippen molar-refractivity contribution >= 4 is 27.6 Å². The van der Waals surface area contributed by atoms with E-state index in [0.717, 1.165) is 4.88 Å². The SMILES string of the molecule is Cc1sc(C)c(S(=O)(=O)NCC(C)C)c1C=O. The normalized spacial score (nSPS) is 12.1. The zero-order chi connectivity index (χ0) is 13.2. The van der Waals surface area contributed by atoms with Gasteiger partial charge in [-0.15, -0.1) is 11.3 Å². The highest BCUT2D eigenvalue weighted by Crippen LogP contribution is 2.29. The van der Waals surface area contributed by atoms with Gasteiger partial charge in [0.2, 0.25) is 10.0 Å². The smallest absolute Gasteiger partial charge is 0.242 e. The average molecular weight is 275 g/mol. The van der Waals surface area contributed by atoms with Crippen LogP contribution in [0.15, 0.2) is 4.90 Å². The summed E-state index contributed by atoms with van der Waals surface area (Å²) in [5.74, 6) is 0.226. The van der Waals surface area contributed by atoms with Crippen LogP contribution < -0.4 is 4.72 Å². The van der Waals surface area contributed by atoms with Crippen molar-refractivity contribution in [2.45, 2.75) is 32.6 Å². The van der Waals surface area contributed by atoms with Gasteiger partial charge in [-0.1, -0.05) is 13.8 Å². The quantitative estimate of drug-likeness (QED) is 0.837. The first kappa shape index (κ1) is 14.3. The molecule has 17 heavy (non-hydrogen) atoms. The molecule has 0 spiro atoms. The van der Waals surface area contributed by atoms with Crippen LogP contribution in [0.4, 0.5) is 0 Å². The zero-order valence-corrected chi connectivity index (χ0v) is 12.0. The van der Waals surface area contributed by atoms with Gasteiger partial charge >= 0.3 is 0 Å². The number of carbonyl (C=O) groups excluding carboxylic acids is 1. The highest BCUT2D eigenvalue weighted by atomic mass is 32.2. The van der Waals surface area contributed by atoms with E-state index in [2.05, 4.69) is 4.72 Å². The van der Waals surface area contributed by atoms with E-state index in [1.807, 2.05) is 13.8 Å². The van der Waals surface area contributed by atoms with Crippen LogP contribution in [0.2, 0.25) is 0 Å². The molecule has 6 heteroatoms. The fourth-order valence-electron chi connectivity index (χ4n) is 1.50. The Morgan fingerprint density at radius 3 is 2.35 bits per heavy atom. The molecule has 1 rings (SSSR count). The van der Waals surface area contributed by atoms with E-state index in [1.165, 1.54) is 11.3 Å². The monoisotopic (exact) mass is 275 g/mol. The largest absolute Gasteiger partial charge is 0.298 e. The number of aryl methyl sites for hydroxylation is 2. The maximum absolute atomic E-state index is 12.1. The summed E-state index contributed by atoms with van der Waals surface area (Å²) in [6.45, 7) is 7.69. The molecular formula is C11H17NO3S2. The molecule has 1 aromatic rings. The third-order valence-corrected chi connectivity index (χ3v) is 5.09. The van der Waals surface area contributed by atoms with Crippen LogP contribution in [0.1, 0.15) is 34.0 Å². The third-order valence-electron chi connectivity index (χ3n) is 2.32. The molecule has 0 saturated heterocycles. The second-order valence-electron chi connectivity index (χ2n) is 4.32. The number of nitrogens with one attached hydrogen (secondary N) is 1. The summed E-state index contributed by atoms with van der Waals surface area (Å²) in [5.41, 5.74) is 0.281. The van der Waals surface area contributed by atoms with Gasteiger partial charge in [0.1, 0.15) is 4.90 Å². The minimum atomic E-state index is -3.58. The molecule has 0 saturated carbocycles. The molecule has 0 aliphatic rings. The third kappa shape index (κ3) is 3.14. The Bertz CT molecular complexity index is 515. The molecule has 1 heterocycles. The van der Waals surface area contributed by atoms with Crippen molar-refractivity contribution in [3.05, 3.63) is 15.3 Å². The van der Waals surface area contributed by atoms with Gasteiger partial charge in [-0.25, -0.2) is 13.1 Å². The van der Waals surface area contributed by atoms with Gasteiger partial charge in [0.15, 0.2) is 6.29 Å². The Labute approximate surface area is 106 Å². The highest BCUT2D eigenvalue weighted by Gasteiger charge is 2.24. The van der Waals surface area contributed by atoms with Crippen molar-refractivity contribution < 1.29 is 13.2 Å². The molecule has 0 radical (unpaired) electrons. The van der Waals surface area contributed by atoms with Gasteiger partial charge in [-0.2, -0.15) is 0 Å². The standard InChI is InChI=1S/C11H17NO3S2/c1-7(2)5-12-17(14,15)11-9(4)16-8(3)10(11)6-13/h6-7,12H,5H2,1-4H3. The van der Waals surface area contributed by atoms with E-state index in [4.69, 9.17) is 0 Å². The van der Waals surface area contributed by atoms with Gasteiger partial charge in [0, 0.05) is 21.9 Å². The first-order chi connectivity index (χ1) is 7.79. The van der Waals surface area contributed by atoms with Crippen LogP contribution in [0.3, 0.4) is 0 Å². The minimum Gasteiger partial charge on any atom is -0.298 e. The van der Waals surface area contributed by atoms with Crippen molar-refractivity contribution in [3.8, 4) is 0 Å². The Balaban J connectivity index is 3.19. The zero-order valence-electron chi connectivity index (χ0n) is 10.4. The number of thiophene rings is 1. The fourth-order valence-corrected chi connectivity index (χ4v) is 4.51. The first-order valence-electron chi connectivity index (χ1n) is 5.34. The molecule has 0 bridgehead atoms. The van der Waals surface area contributed by atoms with Crippen LogP contribution in [0.5, 0.6) is 0 Å². The van der Waals surface area contributed by atoms with Gasteiger partial charge < -0.3 is 0 Å². The van der Waals surface area contributed by atoms with Gasteiger partial charge in [-0.05, 0) is 19.8 Å². The molecule has 0 atom stereocenters. The summed E-state index contributed by atoms with van der Waals surface area (Å²) in [5, 5.41) is 0. The topological polar surface area (TPSA) is 63.2 Å². The Kier molecular flexibility index (Phi) is 4.46. The number of hydrogen-bond acceptors (Lipinski definition) is 4. The summed E-state index contributed by atoms with van der Waals surface area (Å²) < 4.78 is 26.7. The van der Waals surface area contributed by atoms with E-state index in [1.54, 1.807) is 13.8 Å². The van der Waals surface area contributed by atoms with Crippen LogP contribution in [-0.4, -0.2) is 21.2 Å². The number of sulfonamides is 1. The maximum Gasteiger partial charge on any atom is 0.242 e. The fraction of sp³-hybridized carbons (Fsp3) is 0.545. The van der Waals surface area contributed by atoms with Crippen molar-refractivity contribution in [2.75, 3.05) is 6.54 Å². The lowest BCUT2D eigenvalue weighted by molar-refractivity contribution is 0.112. The van der Waals surface area contributed by atoms with Gasteiger partial charge in [-0.3, -0.25) is 4.79 Å². The second-order valence-corrected chi connectivity index (χ2v) is 7.45. The van der Waals surface area contributed by atoms with Crippen molar-refractivity contribution in [2.24, 2.45) is 5.92 Å². The molecule has 0 amide bonds. The van der Waals surface area contributed by atoms with Crippen LogP contribution in [0, 0.1) is 19.8 Å².